The van der Waals surface area contributed by atoms with Crippen LogP contribution in [0.4, 0.5) is 13.2 Å². The maximum Gasteiger partial charge on any atom is 0.433 e. The highest BCUT2D eigenvalue weighted by Crippen LogP contribution is 2.32. The summed E-state index contributed by atoms with van der Waals surface area (Å²) in [5.41, 5.74) is -0.737. The fraction of sp³-hybridized carbons (Fsp3) is 0.471. The Morgan fingerprint density at radius 1 is 1.31 bits per heavy atom. The number of alkyl halides is 3. The van der Waals surface area contributed by atoms with Crippen LogP contribution in [0.1, 0.15) is 29.9 Å². The van der Waals surface area contributed by atoms with Crippen LogP contribution in [0.5, 0.6) is 0 Å². The number of amides is 1. The minimum Gasteiger partial charge on any atom is -0.352 e. The zero-order valence-electron chi connectivity index (χ0n) is 14.5. The average molecular weight is 367 g/mol. The van der Waals surface area contributed by atoms with Gasteiger partial charge in [-0.1, -0.05) is 6.07 Å². The van der Waals surface area contributed by atoms with Crippen molar-refractivity contribution in [3.63, 3.8) is 0 Å². The molecular weight excluding hydrogens is 347 g/mol. The molecule has 26 heavy (non-hydrogen) atoms. The smallest absolute Gasteiger partial charge is 0.352 e. The Hall–Kier alpha value is -2.42. The number of pyridine rings is 1. The number of carbonyl (C=O) groups excluding carboxylic acids is 1. The molecule has 0 unspecified atom stereocenters. The van der Waals surface area contributed by atoms with Crippen LogP contribution in [0.25, 0.3) is 0 Å². The maximum absolute atomic E-state index is 13.2. The quantitative estimate of drug-likeness (QED) is 0.897. The van der Waals surface area contributed by atoms with Gasteiger partial charge >= 0.3 is 6.18 Å². The van der Waals surface area contributed by atoms with Crippen LogP contribution in [0.2, 0.25) is 0 Å². The van der Waals surface area contributed by atoms with Crippen molar-refractivity contribution >= 4 is 5.91 Å². The second kappa shape index (κ2) is 7.06. The first-order valence-electron chi connectivity index (χ1n) is 8.23. The molecule has 1 amide bonds. The molecule has 3 rings (SSSR count). The highest BCUT2D eigenvalue weighted by molar-refractivity contribution is 5.73. The molecule has 0 spiro atoms. The molecular formula is C17H20F3N5O. The molecule has 2 aromatic heterocycles. The van der Waals surface area contributed by atoms with Crippen molar-refractivity contribution < 1.29 is 18.0 Å². The average Bonchev–Trinajstić information content (AvgIpc) is 3.12. The van der Waals surface area contributed by atoms with Crippen molar-refractivity contribution in [2.24, 2.45) is 7.05 Å². The molecule has 3 heterocycles. The number of nitrogens with one attached hydrogen (secondary N) is 1. The van der Waals surface area contributed by atoms with Crippen LogP contribution in [-0.4, -0.2) is 44.5 Å². The Morgan fingerprint density at radius 2 is 2.08 bits per heavy atom. The van der Waals surface area contributed by atoms with E-state index in [1.807, 2.05) is 22.7 Å². The minimum absolute atomic E-state index is 0.0927. The number of nitrogens with zero attached hydrogens (tertiary/aromatic N) is 4. The zero-order chi connectivity index (χ0) is 18.9. The lowest BCUT2D eigenvalue weighted by Crippen LogP contribution is -2.39. The Morgan fingerprint density at radius 3 is 2.69 bits per heavy atom. The van der Waals surface area contributed by atoms with Gasteiger partial charge in [0.2, 0.25) is 5.91 Å². The van der Waals surface area contributed by atoms with E-state index in [0.29, 0.717) is 13.1 Å². The SMILES string of the molecule is CC(=O)N[C@@H]1CN(Cc2cccnc2C(F)(F)F)C[C@H]1c1nccn1C. The molecule has 2 atom stereocenters. The van der Waals surface area contributed by atoms with Gasteiger partial charge in [-0.05, 0) is 11.6 Å². The summed E-state index contributed by atoms with van der Waals surface area (Å²) < 4.78 is 41.4. The first-order valence-corrected chi connectivity index (χ1v) is 8.23. The molecule has 1 saturated heterocycles. The number of hydrogen-bond donors (Lipinski definition) is 1. The molecule has 0 aliphatic carbocycles. The highest BCUT2D eigenvalue weighted by Gasteiger charge is 2.39. The number of likely N-dealkylation sites (tertiary alicyclic amines) is 1. The van der Waals surface area contributed by atoms with Crippen LogP contribution in [0.3, 0.4) is 0 Å². The lowest BCUT2D eigenvalue weighted by Gasteiger charge is -2.18. The van der Waals surface area contributed by atoms with E-state index in [4.69, 9.17) is 0 Å². The molecule has 1 aliphatic rings. The predicted molar refractivity (Wildman–Crippen MR) is 88.1 cm³/mol. The van der Waals surface area contributed by atoms with E-state index in [1.165, 1.54) is 19.1 Å². The number of halogens is 3. The summed E-state index contributed by atoms with van der Waals surface area (Å²) in [6.45, 7) is 2.49. The van der Waals surface area contributed by atoms with E-state index in [9.17, 15) is 18.0 Å². The Balaban J connectivity index is 1.82. The van der Waals surface area contributed by atoms with Gasteiger partial charge in [0.25, 0.3) is 0 Å². The third-order valence-electron chi connectivity index (χ3n) is 4.53. The van der Waals surface area contributed by atoms with Crippen LogP contribution in [0.15, 0.2) is 30.7 Å². The van der Waals surface area contributed by atoms with Gasteiger partial charge in [0.05, 0.1) is 12.0 Å². The number of rotatable bonds is 4. The number of aryl methyl sites for hydroxylation is 1. The molecule has 140 valence electrons. The molecule has 1 N–H and O–H groups in total. The highest BCUT2D eigenvalue weighted by atomic mass is 19.4. The first-order chi connectivity index (χ1) is 12.3. The van der Waals surface area contributed by atoms with Gasteiger partial charge in [-0.25, -0.2) is 4.98 Å². The van der Waals surface area contributed by atoms with Gasteiger partial charge < -0.3 is 9.88 Å². The van der Waals surface area contributed by atoms with Crippen molar-refractivity contribution in [1.29, 1.82) is 0 Å². The van der Waals surface area contributed by atoms with E-state index < -0.39 is 11.9 Å². The normalized spacial score (nSPS) is 21.1. The van der Waals surface area contributed by atoms with E-state index in [0.717, 1.165) is 12.0 Å². The number of carbonyl (C=O) groups is 1. The maximum atomic E-state index is 13.2. The summed E-state index contributed by atoms with van der Waals surface area (Å²) in [6, 6.07) is 2.74. The molecule has 2 aromatic rings. The van der Waals surface area contributed by atoms with E-state index in [2.05, 4.69) is 15.3 Å². The van der Waals surface area contributed by atoms with Crippen LogP contribution < -0.4 is 5.32 Å². The van der Waals surface area contributed by atoms with Gasteiger partial charge in [-0.3, -0.25) is 14.7 Å². The molecule has 1 fully saturated rings. The van der Waals surface area contributed by atoms with Crippen molar-refractivity contribution in [1.82, 2.24) is 24.8 Å². The zero-order valence-corrected chi connectivity index (χ0v) is 14.5. The Kier molecular flexibility index (Phi) is 4.99. The number of hydrogen-bond acceptors (Lipinski definition) is 4. The van der Waals surface area contributed by atoms with E-state index in [-0.39, 0.29) is 30.0 Å². The standard InChI is InChI=1S/C17H20F3N5O/c1-11(26)23-14-10-25(9-13(14)16-22-6-7-24(16)2)8-12-4-3-5-21-15(12)17(18,19)20/h3-7,13-14H,8-10H2,1-2H3,(H,23,26)/t13-,14-/m1/s1. The molecule has 0 radical (unpaired) electrons. The molecule has 0 bridgehead atoms. The topological polar surface area (TPSA) is 63.1 Å². The van der Waals surface area contributed by atoms with Gasteiger partial charge in [-0.15, -0.1) is 0 Å². The second-order valence-corrected chi connectivity index (χ2v) is 6.51. The Bertz CT molecular complexity index is 789. The van der Waals surface area contributed by atoms with Crippen LogP contribution in [-0.2, 0) is 24.6 Å². The van der Waals surface area contributed by atoms with E-state index in [1.54, 1.807) is 6.20 Å². The van der Waals surface area contributed by atoms with Crippen molar-refractivity contribution in [2.75, 3.05) is 13.1 Å². The fourth-order valence-electron chi connectivity index (χ4n) is 3.48. The van der Waals surface area contributed by atoms with Crippen molar-refractivity contribution in [3.8, 4) is 0 Å². The van der Waals surface area contributed by atoms with Gasteiger partial charge in [0, 0.05) is 52.2 Å². The molecule has 9 heteroatoms. The molecule has 1 aliphatic heterocycles. The molecule has 6 nitrogen and oxygen atoms in total. The third-order valence-corrected chi connectivity index (χ3v) is 4.53. The van der Waals surface area contributed by atoms with Gasteiger partial charge in [0.15, 0.2) is 0 Å². The van der Waals surface area contributed by atoms with Gasteiger partial charge in [0.1, 0.15) is 11.5 Å². The summed E-state index contributed by atoms with van der Waals surface area (Å²) in [5.74, 6) is 0.534. The summed E-state index contributed by atoms with van der Waals surface area (Å²) in [4.78, 5) is 21.3. The molecule has 0 saturated carbocycles. The predicted octanol–water partition coefficient (Wildman–Crippen LogP) is 1.94. The van der Waals surface area contributed by atoms with Crippen LogP contribution in [0, 0.1) is 0 Å². The fourth-order valence-corrected chi connectivity index (χ4v) is 3.48. The minimum atomic E-state index is -4.49. The van der Waals surface area contributed by atoms with Crippen molar-refractivity contribution in [3.05, 3.63) is 47.8 Å². The largest absolute Gasteiger partial charge is 0.433 e. The lowest BCUT2D eigenvalue weighted by molar-refractivity contribution is -0.142. The summed E-state index contributed by atoms with van der Waals surface area (Å²) >= 11 is 0. The first kappa shape index (κ1) is 18.4. The third kappa shape index (κ3) is 3.87. The second-order valence-electron chi connectivity index (χ2n) is 6.51. The Labute approximate surface area is 149 Å². The van der Waals surface area contributed by atoms with E-state index >= 15 is 0 Å². The number of aromatic nitrogens is 3. The van der Waals surface area contributed by atoms with Crippen LogP contribution >= 0.6 is 0 Å². The van der Waals surface area contributed by atoms with Gasteiger partial charge in [-0.2, -0.15) is 13.2 Å². The summed E-state index contributed by atoms with van der Waals surface area (Å²) in [6.07, 6.45) is 0.136. The lowest BCUT2D eigenvalue weighted by atomic mass is 10.0. The molecule has 0 aromatic carbocycles. The number of imidazole rings is 1. The monoisotopic (exact) mass is 367 g/mol. The summed E-state index contributed by atoms with van der Waals surface area (Å²) in [7, 11) is 1.86. The van der Waals surface area contributed by atoms with Crippen molar-refractivity contribution in [2.45, 2.75) is 31.6 Å². The summed E-state index contributed by atoms with van der Waals surface area (Å²) in [5, 5.41) is 2.90.